The molecule has 0 bridgehead atoms. The summed E-state index contributed by atoms with van der Waals surface area (Å²) in [7, 11) is 0. The summed E-state index contributed by atoms with van der Waals surface area (Å²) in [5, 5.41) is 0. The van der Waals surface area contributed by atoms with Crippen molar-refractivity contribution in [1.29, 1.82) is 0 Å². The van der Waals surface area contributed by atoms with Crippen molar-refractivity contribution in [3.05, 3.63) is 34.3 Å². The Kier molecular flexibility index (Phi) is 1.69. The van der Waals surface area contributed by atoms with Crippen LogP contribution in [0.3, 0.4) is 0 Å². The van der Waals surface area contributed by atoms with Gasteiger partial charge in [0.05, 0.1) is 0 Å². The number of benzene rings is 1. The van der Waals surface area contributed by atoms with E-state index in [0.29, 0.717) is 0 Å². The summed E-state index contributed by atoms with van der Waals surface area (Å²) in [6.07, 6.45) is 0. The van der Waals surface area contributed by atoms with Gasteiger partial charge in [0.1, 0.15) is 0 Å². The van der Waals surface area contributed by atoms with E-state index in [4.69, 9.17) is 0 Å². The zero-order chi connectivity index (χ0) is 5.98. The summed E-state index contributed by atoms with van der Waals surface area (Å²) in [5.41, 5.74) is 1.13. The van der Waals surface area contributed by atoms with Gasteiger partial charge in [-0.2, -0.15) is 0 Å². The fraction of sp³-hybridized carbons (Fsp3) is 0.143. The second-order valence-electron chi connectivity index (χ2n) is 1.61. The fourth-order valence-electron chi connectivity index (χ4n) is 0.492. The maximum atomic E-state index is 3.29. The Morgan fingerprint density at radius 1 is 1.50 bits per heavy atom. The van der Waals surface area contributed by atoms with Crippen molar-refractivity contribution in [2.75, 3.05) is 0 Å². The average Bonchev–Trinajstić information content (AvgIpc) is 1.64. The van der Waals surface area contributed by atoms with Crippen LogP contribution >= 0.6 is 15.9 Å². The lowest BCUT2D eigenvalue weighted by atomic mass is 10.2. The van der Waals surface area contributed by atoms with E-state index in [1.54, 1.807) is 6.07 Å². The third-order valence-corrected chi connectivity index (χ3v) is 1.31. The number of hydrogen-bond acceptors (Lipinski definition) is 0. The Balaban J connectivity index is 3.08. The molecule has 0 saturated carbocycles. The van der Waals surface area contributed by atoms with E-state index in [9.17, 15) is 0 Å². The van der Waals surface area contributed by atoms with E-state index < -0.39 is 0 Å². The summed E-state index contributed by atoms with van der Waals surface area (Å²) in [6.45, 7) is 2.00. The number of hydrogen-bond donors (Lipinski definition) is 0. The van der Waals surface area contributed by atoms with Crippen LogP contribution in [0.2, 0.25) is 0 Å². The highest BCUT2D eigenvalue weighted by atomic mass is 79.9. The first-order chi connectivity index (χ1) is 3.79. The predicted octanol–water partition coefficient (Wildman–Crippen LogP) is 2.36. The van der Waals surface area contributed by atoms with Gasteiger partial charge in [0.2, 0.25) is 0 Å². The molecule has 1 rings (SSSR count). The maximum Gasteiger partial charge on any atom is 0.0257 e. The van der Waals surface area contributed by atoms with Gasteiger partial charge in [0.15, 0.2) is 0 Å². The molecule has 1 aromatic carbocycles. The van der Waals surface area contributed by atoms with Crippen LogP contribution < -0.4 is 0 Å². The van der Waals surface area contributed by atoms with Crippen LogP contribution in [0.15, 0.2) is 16.6 Å². The lowest BCUT2D eigenvalue weighted by Crippen LogP contribution is -1.69. The SMILES string of the molecule is Cc1[c]c[c]c(Br)c1. The maximum absolute atomic E-state index is 3.29. The van der Waals surface area contributed by atoms with Gasteiger partial charge in [-0.15, -0.1) is 0 Å². The minimum absolute atomic E-state index is 0.994. The van der Waals surface area contributed by atoms with Crippen molar-refractivity contribution in [1.82, 2.24) is 0 Å². The van der Waals surface area contributed by atoms with E-state index in [-0.39, 0.29) is 0 Å². The Hall–Kier alpha value is -0.300. The van der Waals surface area contributed by atoms with E-state index in [0.717, 1.165) is 10.0 Å². The molecule has 0 aromatic heterocycles. The highest BCUT2D eigenvalue weighted by Crippen LogP contribution is 2.08. The molecule has 0 saturated heterocycles. The van der Waals surface area contributed by atoms with Gasteiger partial charge in [0, 0.05) is 4.47 Å². The molecule has 0 unspecified atom stereocenters. The predicted molar refractivity (Wildman–Crippen MR) is 36.6 cm³/mol. The smallest absolute Gasteiger partial charge is 0.0257 e. The van der Waals surface area contributed by atoms with Gasteiger partial charge in [-0.3, -0.25) is 0 Å². The molecule has 0 N–H and O–H groups in total. The minimum Gasteiger partial charge on any atom is -0.0501 e. The second kappa shape index (κ2) is 2.31. The molecule has 8 heavy (non-hydrogen) atoms. The molecule has 0 amide bonds. The van der Waals surface area contributed by atoms with Crippen molar-refractivity contribution in [2.45, 2.75) is 6.92 Å². The number of aryl methyl sites for hydroxylation is 1. The first kappa shape index (κ1) is 5.83. The topological polar surface area (TPSA) is 0 Å². The van der Waals surface area contributed by atoms with Crippen LogP contribution in [-0.2, 0) is 0 Å². The van der Waals surface area contributed by atoms with E-state index in [2.05, 4.69) is 28.1 Å². The molecule has 0 atom stereocenters. The zero-order valence-electron chi connectivity index (χ0n) is 4.53. The standard InChI is InChI=1S/C7H5Br/c1-6-3-2-4-7(8)5-6/h2,5H,1H3. The Morgan fingerprint density at radius 3 is 2.62 bits per heavy atom. The Labute approximate surface area is 57.7 Å². The van der Waals surface area contributed by atoms with Gasteiger partial charge in [-0.25, -0.2) is 0 Å². The van der Waals surface area contributed by atoms with Crippen molar-refractivity contribution in [2.24, 2.45) is 0 Å². The fourth-order valence-corrected chi connectivity index (χ4v) is 0.950. The molecule has 0 spiro atoms. The van der Waals surface area contributed by atoms with Crippen LogP contribution in [0.1, 0.15) is 5.56 Å². The minimum atomic E-state index is 0.994. The molecule has 0 aliphatic heterocycles. The van der Waals surface area contributed by atoms with Crippen LogP contribution in [0.5, 0.6) is 0 Å². The molecule has 0 heterocycles. The monoisotopic (exact) mass is 168 g/mol. The molecular formula is C7H5Br. The second-order valence-corrected chi connectivity index (χ2v) is 2.46. The Bertz CT molecular complexity index is 164. The highest BCUT2D eigenvalue weighted by Gasteiger charge is 1.83. The van der Waals surface area contributed by atoms with Crippen molar-refractivity contribution >= 4 is 15.9 Å². The molecular weight excluding hydrogens is 164 g/mol. The summed E-state index contributed by atoms with van der Waals surface area (Å²) in [6, 6.07) is 9.67. The first-order valence-corrected chi connectivity index (χ1v) is 3.14. The van der Waals surface area contributed by atoms with E-state index >= 15 is 0 Å². The molecule has 40 valence electrons. The number of halogens is 1. The molecule has 0 nitrogen and oxygen atoms in total. The highest BCUT2D eigenvalue weighted by molar-refractivity contribution is 9.10. The molecule has 2 radical (unpaired) electrons. The lowest BCUT2D eigenvalue weighted by molar-refractivity contribution is 1.43. The summed E-state index contributed by atoms with van der Waals surface area (Å²) >= 11 is 3.29. The van der Waals surface area contributed by atoms with Crippen molar-refractivity contribution in [3.63, 3.8) is 0 Å². The van der Waals surface area contributed by atoms with E-state index in [1.807, 2.05) is 13.0 Å². The first-order valence-electron chi connectivity index (χ1n) is 2.34. The van der Waals surface area contributed by atoms with Gasteiger partial charge in [0.25, 0.3) is 0 Å². The summed E-state index contributed by atoms with van der Waals surface area (Å²) < 4.78 is 0.994. The number of rotatable bonds is 0. The quantitative estimate of drug-likeness (QED) is 0.559. The molecule has 0 aliphatic rings. The zero-order valence-corrected chi connectivity index (χ0v) is 6.12. The molecule has 1 heteroatoms. The third kappa shape index (κ3) is 1.34. The van der Waals surface area contributed by atoms with E-state index in [1.165, 1.54) is 0 Å². The Morgan fingerprint density at radius 2 is 2.25 bits per heavy atom. The van der Waals surface area contributed by atoms with Crippen LogP contribution in [0.25, 0.3) is 0 Å². The molecule has 0 fully saturated rings. The van der Waals surface area contributed by atoms with Gasteiger partial charge in [-0.1, -0.05) is 15.9 Å². The third-order valence-electron chi connectivity index (χ3n) is 0.853. The summed E-state index contributed by atoms with van der Waals surface area (Å²) in [5.74, 6) is 0. The van der Waals surface area contributed by atoms with Gasteiger partial charge in [-0.05, 0) is 36.8 Å². The molecule has 0 aliphatic carbocycles. The van der Waals surface area contributed by atoms with Gasteiger partial charge >= 0.3 is 0 Å². The van der Waals surface area contributed by atoms with Gasteiger partial charge < -0.3 is 0 Å². The summed E-state index contributed by atoms with van der Waals surface area (Å²) in [4.78, 5) is 0. The van der Waals surface area contributed by atoms with Crippen molar-refractivity contribution < 1.29 is 0 Å². The van der Waals surface area contributed by atoms with Crippen molar-refractivity contribution in [3.8, 4) is 0 Å². The largest absolute Gasteiger partial charge is 0.0501 e. The van der Waals surface area contributed by atoms with Crippen LogP contribution in [-0.4, -0.2) is 0 Å². The van der Waals surface area contributed by atoms with Crippen LogP contribution in [0.4, 0.5) is 0 Å². The molecule has 1 aromatic rings. The average molecular weight is 169 g/mol. The van der Waals surface area contributed by atoms with Crippen LogP contribution in [0, 0.1) is 19.1 Å². The lowest BCUT2D eigenvalue weighted by Gasteiger charge is -1.87. The normalized spacial score (nSPS) is 9.25.